The number of anilines is 1. The highest BCUT2D eigenvalue weighted by Gasteiger charge is 1.93. The van der Waals surface area contributed by atoms with Gasteiger partial charge >= 0.3 is 0 Å². The van der Waals surface area contributed by atoms with E-state index in [9.17, 15) is 0 Å². The molecular formula is C11H19N. The molecule has 0 aliphatic carbocycles. The summed E-state index contributed by atoms with van der Waals surface area (Å²) in [5.41, 5.74) is 9.12. The van der Waals surface area contributed by atoms with Crippen LogP contribution < -0.4 is 5.73 Å². The number of nitrogen functional groups attached to an aromatic ring is 1. The van der Waals surface area contributed by atoms with Crippen molar-refractivity contribution >= 4 is 5.69 Å². The maximum Gasteiger partial charge on any atom is 0.0316 e. The van der Waals surface area contributed by atoms with Crippen molar-refractivity contribution < 1.29 is 0 Å². The Labute approximate surface area is 75.6 Å². The van der Waals surface area contributed by atoms with Crippen LogP contribution in [0.3, 0.4) is 0 Å². The molecule has 0 fully saturated rings. The lowest BCUT2D eigenvalue weighted by Gasteiger charge is -2.02. The van der Waals surface area contributed by atoms with Gasteiger partial charge in [0.2, 0.25) is 0 Å². The van der Waals surface area contributed by atoms with E-state index in [0.717, 1.165) is 12.1 Å². The first-order valence-electron chi connectivity index (χ1n) is 4.59. The minimum Gasteiger partial charge on any atom is -0.399 e. The van der Waals surface area contributed by atoms with E-state index in [1.54, 1.807) is 0 Å². The fraction of sp³-hybridized carbons (Fsp3) is 0.455. The summed E-state index contributed by atoms with van der Waals surface area (Å²) in [5, 5.41) is 0. The molecule has 0 bridgehead atoms. The molecule has 1 aromatic carbocycles. The van der Waals surface area contributed by atoms with Gasteiger partial charge in [0.15, 0.2) is 0 Å². The Hall–Kier alpha value is -0.980. The maximum atomic E-state index is 5.58. The zero-order chi connectivity index (χ0) is 9.56. The lowest BCUT2D eigenvalue weighted by Crippen LogP contribution is -1.89. The van der Waals surface area contributed by atoms with Gasteiger partial charge in [0.05, 0.1) is 0 Å². The molecule has 1 rings (SSSR count). The summed E-state index contributed by atoms with van der Waals surface area (Å²) < 4.78 is 0. The van der Waals surface area contributed by atoms with E-state index in [-0.39, 0.29) is 0 Å². The standard InChI is InChI=1S/C9H13N.C2H6/c1-3-8-4-5-9(10)6-7(8)2;1-2/h4-6H,3,10H2,1-2H3;1-2H3. The molecule has 0 aliphatic rings. The van der Waals surface area contributed by atoms with Crippen molar-refractivity contribution in [3.63, 3.8) is 0 Å². The van der Waals surface area contributed by atoms with Crippen molar-refractivity contribution in [2.24, 2.45) is 0 Å². The highest BCUT2D eigenvalue weighted by Crippen LogP contribution is 2.12. The van der Waals surface area contributed by atoms with E-state index in [1.165, 1.54) is 11.1 Å². The van der Waals surface area contributed by atoms with Gasteiger partial charge in [-0.15, -0.1) is 0 Å². The van der Waals surface area contributed by atoms with Crippen molar-refractivity contribution in [1.82, 2.24) is 0 Å². The van der Waals surface area contributed by atoms with E-state index in [2.05, 4.69) is 19.9 Å². The molecule has 0 heterocycles. The van der Waals surface area contributed by atoms with Gasteiger partial charge in [-0.2, -0.15) is 0 Å². The van der Waals surface area contributed by atoms with Gasteiger partial charge in [0.1, 0.15) is 0 Å². The number of hydrogen-bond acceptors (Lipinski definition) is 1. The molecule has 1 aromatic rings. The fourth-order valence-electron chi connectivity index (χ4n) is 1.12. The van der Waals surface area contributed by atoms with Gasteiger partial charge in [-0.3, -0.25) is 0 Å². The molecule has 0 saturated carbocycles. The van der Waals surface area contributed by atoms with Crippen LogP contribution in [-0.4, -0.2) is 0 Å². The molecule has 0 amide bonds. The number of hydrogen-bond donors (Lipinski definition) is 1. The molecule has 68 valence electrons. The molecule has 0 atom stereocenters. The molecule has 1 nitrogen and oxygen atoms in total. The van der Waals surface area contributed by atoms with E-state index in [1.807, 2.05) is 26.0 Å². The number of aryl methyl sites for hydroxylation is 2. The van der Waals surface area contributed by atoms with Crippen LogP contribution in [0.1, 0.15) is 31.9 Å². The van der Waals surface area contributed by atoms with Crippen LogP contribution in [0, 0.1) is 6.92 Å². The molecule has 0 aliphatic heterocycles. The molecular weight excluding hydrogens is 146 g/mol. The summed E-state index contributed by atoms with van der Waals surface area (Å²) in [5.74, 6) is 0. The van der Waals surface area contributed by atoms with Crippen LogP contribution in [0.2, 0.25) is 0 Å². The smallest absolute Gasteiger partial charge is 0.0316 e. The van der Waals surface area contributed by atoms with Crippen LogP contribution in [0.5, 0.6) is 0 Å². The quantitative estimate of drug-likeness (QED) is 0.635. The number of rotatable bonds is 1. The summed E-state index contributed by atoms with van der Waals surface area (Å²) in [6.45, 7) is 8.24. The zero-order valence-corrected chi connectivity index (χ0v) is 8.52. The molecule has 1 heteroatoms. The van der Waals surface area contributed by atoms with Gasteiger partial charge in [-0.1, -0.05) is 26.8 Å². The van der Waals surface area contributed by atoms with Crippen molar-refractivity contribution in [2.45, 2.75) is 34.1 Å². The second-order valence-electron chi connectivity index (χ2n) is 2.54. The summed E-state index contributed by atoms with van der Waals surface area (Å²) in [4.78, 5) is 0. The Bertz CT molecular complexity index is 228. The first kappa shape index (κ1) is 11.0. The maximum absolute atomic E-state index is 5.58. The van der Waals surface area contributed by atoms with Crippen molar-refractivity contribution in [1.29, 1.82) is 0 Å². The minimum atomic E-state index is 0.856. The SMILES string of the molecule is CC.CCc1ccc(N)cc1C. The molecule has 0 unspecified atom stereocenters. The lowest BCUT2D eigenvalue weighted by molar-refractivity contribution is 1.11. The summed E-state index contributed by atoms with van der Waals surface area (Å²) in [7, 11) is 0. The Balaban J connectivity index is 0.000000561. The van der Waals surface area contributed by atoms with Crippen molar-refractivity contribution in [2.75, 3.05) is 5.73 Å². The van der Waals surface area contributed by atoms with E-state index >= 15 is 0 Å². The van der Waals surface area contributed by atoms with Gasteiger partial charge in [0.25, 0.3) is 0 Å². The topological polar surface area (TPSA) is 26.0 Å². The Morgan fingerprint density at radius 3 is 2.25 bits per heavy atom. The highest BCUT2D eigenvalue weighted by atomic mass is 14.5. The highest BCUT2D eigenvalue weighted by molar-refractivity contribution is 5.44. The van der Waals surface area contributed by atoms with E-state index in [0.29, 0.717) is 0 Å². The van der Waals surface area contributed by atoms with Crippen molar-refractivity contribution in [3.05, 3.63) is 29.3 Å². The fourth-order valence-corrected chi connectivity index (χ4v) is 1.12. The van der Waals surface area contributed by atoms with Crippen LogP contribution >= 0.6 is 0 Å². The van der Waals surface area contributed by atoms with Crippen LogP contribution in [0.4, 0.5) is 5.69 Å². The average molecular weight is 165 g/mol. The Morgan fingerprint density at radius 2 is 1.83 bits per heavy atom. The summed E-state index contributed by atoms with van der Waals surface area (Å²) >= 11 is 0. The second-order valence-corrected chi connectivity index (χ2v) is 2.54. The summed E-state index contributed by atoms with van der Waals surface area (Å²) in [6.07, 6.45) is 1.09. The molecule has 2 N–H and O–H groups in total. The summed E-state index contributed by atoms with van der Waals surface area (Å²) in [6, 6.07) is 6.05. The third-order valence-corrected chi connectivity index (χ3v) is 1.75. The van der Waals surface area contributed by atoms with Gasteiger partial charge in [0, 0.05) is 5.69 Å². The first-order valence-corrected chi connectivity index (χ1v) is 4.59. The molecule has 0 saturated heterocycles. The Morgan fingerprint density at radius 1 is 1.25 bits per heavy atom. The normalized spacial score (nSPS) is 8.67. The first-order chi connectivity index (χ1) is 5.74. The third kappa shape index (κ3) is 2.95. The lowest BCUT2D eigenvalue weighted by atomic mass is 10.1. The zero-order valence-electron chi connectivity index (χ0n) is 8.52. The second kappa shape index (κ2) is 5.64. The molecule has 0 radical (unpaired) electrons. The minimum absolute atomic E-state index is 0.856. The third-order valence-electron chi connectivity index (χ3n) is 1.75. The van der Waals surface area contributed by atoms with Gasteiger partial charge in [-0.25, -0.2) is 0 Å². The monoisotopic (exact) mass is 165 g/mol. The predicted molar refractivity (Wildman–Crippen MR) is 56.3 cm³/mol. The average Bonchev–Trinajstić information content (AvgIpc) is 2.08. The number of benzene rings is 1. The van der Waals surface area contributed by atoms with Crippen LogP contribution in [0.25, 0.3) is 0 Å². The van der Waals surface area contributed by atoms with Gasteiger partial charge in [-0.05, 0) is 36.6 Å². The molecule has 0 aromatic heterocycles. The van der Waals surface area contributed by atoms with Gasteiger partial charge < -0.3 is 5.73 Å². The van der Waals surface area contributed by atoms with E-state index < -0.39 is 0 Å². The van der Waals surface area contributed by atoms with Crippen LogP contribution in [-0.2, 0) is 6.42 Å². The van der Waals surface area contributed by atoms with E-state index in [4.69, 9.17) is 5.73 Å². The predicted octanol–water partition coefficient (Wildman–Crippen LogP) is 3.17. The molecule has 12 heavy (non-hydrogen) atoms. The number of nitrogens with two attached hydrogens (primary N) is 1. The molecule has 0 spiro atoms. The van der Waals surface area contributed by atoms with Crippen LogP contribution in [0.15, 0.2) is 18.2 Å². The largest absolute Gasteiger partial charge is 0.399 e. The van der Waals surface area contributed by atoms with Crippen molar-refractivity contribution in [3.8, 4) is 0 Å². The Kier molecular flexibility index (Phi) is 5.18.